The largest absolute Gasteiger partial charge is 0.382 e. The molecule has 1 aliphatic rings. The number of anilines is 3. The highest BCUT2D eigenvalue weighted by atomic mass is 19.1. The monoisotopic (exact) mass is 448 g/mol. The zero-order valence-electron chi connectivity index (χ0n) is 19.3. The molecule has 0 aromatic carbocycles. The lowest BCUT2D eigenvalue weighted by atomic mass is 9.95. The van der Waals surface area contributed by atoms with E-state index in [0.717, 1.165) is 5.69 Å². The summed E-state index contributed by atoms with van der Waals surface area (Å²) in [5.41, 5.74) is 1.73. The van der Waals surface area contributed by atoms with E-state index in [2.05, 4.69) is 27.5 Å². The van der Waals surface area contributed by atoms with Gasteiger partial charge in [-0.3, -0.25) is 14.9 Å². The fraction of sp³-hybridized carbons (Fsp3) is 0.360. The van der Waals surface area contributed by atoms with Crippen LogP contribution in [-0.4, -0.2) is 33.6 Å². The number of alkyl halides is 1. The normalized spacial score (nSPS) is 19.6. The zero-order valence-corrected chi connectivity index (χ0v) is 19.3. The van der Waals surface area contributed by atoms with Crippen LogP contribution in [0, 0.1) is 5.92 Å². The van der Waals surface area contributed by atoms with Crippen molar-refractivity contribution in [1.82, 2.24) is 15.0 Å². The number of carbonyl (C=O) groups excluding carboxylic acids is 1. The van der Waals surface area contributed by atoms with Crippen LogP contribution in [0.15, 0.2) is 55.1 Å². The molecule has 4 heterocycles. The maximum Gasteiger partial charge on any atom is 0.327 e. The Kier molecular flexibility index (Phi) is 6.26. The highest BCUT2D eigenvalue weighted by Gasteiger charge is 2.32. The highest BCUT2D eigenvalue weighted by Crippen LogP contribution is 2.35. The number of fused-ring (bicyclic) bond motifs is 1. The van der Waals surface area contributed by atoms with Crippen LogP contribution in [0.25, 0.3) is 11.3 Å². The van der Waals surface area contributed by atoms with Crippen molar-refractivity contribution in [3.63, 3.8) is 0 Å². The summed E-state index contributed by atoms with van der Waals surface area (Å²) in [5.74, 6) is 0.707. The molecule has 3 aromatic rings. The van der Waals surface area contributed by atoms with Gasteiger partial charge in [0, 0.05) is 42.3 Å². The Bertz CT molecular complexity index is 1140. The topological polar surface area (TPSA) is 83.0 Å². The van der Waals surface area contributed by atoms with Gasteiger partial charge in [0.15, 0.2) is 5.82 Å². The molecule has 0 saturated heterocycles. The Morgan fingerprint density at radius 2 is 2.06 bits per heavy atom. The first kappa shape index (κ1) is 22.6. The van der Waals surface area contributed by atoms with Gasteiger partial charge >= 0.3 is 6.03 Å². The Balaban J connectivity index is 1.75. The quantitative estimate of drug-likeness (QED) is 0.541. The Morgan fingerprint density at radius 3 is 2.79 bits per heavy atom. The summed E-state index contributed by atoms with van der Waals surface area (Å²) in [6.45, 7) is 8.17. The molecule has 0 fully saturated rings. The van der Waals surface area contributed by atoms with E-state index in [1.54, 1.807) is 61.7 Å². The van der Waals surface area contributed by atoms with Crippen molar-refractivity contribution in [2.24, 2.45) is 5.92 Å². The number of carbonyl (C=O) groups is 1. The number of halogens is 1. The third-order valence-corrected chi connectivity index (χ3v) is 6.38. The number of pyridine rings is 3. The summed E-state index contributed by atoms with van der Waals surface area (Å²) in [6, 6.07) is 8.72. The molecular formula is C25H29FN6O. The van der Waals surface area contributed by atoms with Crippen molar-refractivity contribution in [3.05, 3.63) is 60.7 Å². The van der Waals surface area contributed by atoms with E-state index in [0.29, 0.717) is 41.3 Å². The SMILES string of the molecule is CCC(C)(F)c1cncc(-c2ccc3c(n2)N(C(=O)Nc2cccnc2)[C@H](C)[C@H](C)CN3)c1. The van der Waals surface area contributed by atoms with Crippen LogP contribution in [0.5, 0.6) is 0 Å². The molecule has 33 heavy (non-hydrogen) atoms. The second kappa shape index (κ2) is 9.13. The molecule has 1 aliphatic heterocycles. The minimum absolute atomic E-state index is 0.114. The number of rotatable bonds is 4. The zero-order chi connectivity index (χ0) is 23.6. The predicted octanol–water partition coefficient (Wildman–Crippen LogP) is 5.62. The van der Waals surface area contributed by atoms with E-state index < -0.39 is 5.67 Å². The Morgan fingerprint density at radius 1 is 1.24 bits per heavy atom. The van der Waals surface area contributed by atoms with Crippen LogP contribution < -0.4 is 15.5 Å². The molecule has 172 valence electrons. The van der Waals surface area contributed by atoms with Gasteiger partial charge in [0.25, 0.3) is 0 Å². The summed E-state index contributed by atoms with van der Waals surface area (Å²) in [5, 5.41) is 6.33. The van der Waals surface area contributed by atoms with Gasteiger partial charge < -0.3 is 10.6 Å². The number of nitrogens with zero attached hydrogens (tertiary/aromatic N) is 4. The molecule has 0 radical (unpaired) electrons. The Hall–Kier alpha value is -3.55. The van der Waals surface area contributed by atoms with Crippen molar-refractivity contribution < 1.29 is 9.18 Å². The number of aromatic nitrogens is 3. The molecule has 2 N–H and O–H groups in total. The van der Waals surface area contributed by atoms with E-state index in [9.17, 15) is 9.18 Å². The lowest BCUT2D eigenvalue weighted by molar-refractivity contribution is 0.185. The maximum absolute atomic E-state index is 14.9. The predicted molar refractivity (Wildman–Crippen MR) is 129 cm³/mol. The summed E-state index contributed by atoms with van der Waals surface area (Å²) < 4.78 is 14.9. The van der Waals surface area contributed by atoms with E-state index in [1.165, 1.54) is 0 Å². The van der Waals surface area contributed by atoms with Gasteiger partial charge in [-0.05, 0) is 56.5 Å². The van der Waals surface area contributed by atoms with Gasteiger partial charge in [-0.15, -0.1) is 0 Å². The third kappa shape index (κ3) is 4.65. The molecule has 3 aromatic heterocycles. The lowest BCUT2D eigenvalue weighted by Crippen LogP contribution is -2.45. The van der Waals surface area contributed by atoms with E-state index in [4.69, 9.17) is 4.98 Å². The second-order valence-electron chi connectivity index (χ2n) is 8.72. The molecule has 3 atom stereocenters. The van der Waals surface area contributed by atoms with Crippen LogP contribution in [0.1, 0.15) is 39.7 Å². The van der Waals surface area contributed by atoms with E-state index >= 15 is 0 Å². The first-order valence-electron chi connectivity index (χ1n) is 11.2. The van der Waals surface area contributed by atoms with Crippen LogP contribution in [-0.2, 0) is 5.67 Å². The number of urea groups is 1. The fourth-order valence-corrected chi connectivity index (χ4v) is 3.79. The highest BCUT2D eigenvalue weighted by molar-refractivity contribution is 6.03. The Labute approximate surface area is 193 Å². The molecule has 0 saturated carbocycles. The fourth-order valence-electron chi connectivity index (χ4n) is 3.79. The van der Waals surface area contributed by atoms with Gasteiger partial charge in [-0.25, -0.2) is 14.2 Å². The molecular weight excluding hydrogens is 419 g/mol. The molecule has 0 aliphatic carbocycles. The first-order valence-corrected chi connectivity index (χ1v) is 11.2. The minimum Gasteiger partial charge on any atom is -0.382 e. The van der Waals surface area contributed by atoms with Crippen LogP contribution in [0.4, 0.5) is 26.4 Å². The molecule has 8 heteroatoms. The standard InChI is InChI=1S/C25H29FN6O/c1-5-25(4,26)19-11-18(13-28-14-19)21-8-9-22-23(31-21)32(17(3)16(2)12-29-22)24(33)30-20-7-6-10-27-15-20/h6-11,13-17,29H,5,12H2,1-4H3,(H,30,33)/t16-,17-,25?/m1/s1. The third-order valence-electron chi connectivity index (χ3n) is 6.38. The summed E-state index contributed by atoms with van der Waals surface area (Å²) in [6.07, 6.45) is 6.82. The van der Waals surface area contributed by atoms with Gasteiger partial charge in [-0.2, -0.15) is 0 Å². The maximum atomic E-state index is 14.9. The number of hydrogen-bond donors (Lipinski definition) is 2. The number of nitrogens with one attached hydrogen (secondary N) is 2. The second-order valence-corrected chi connectivity index (χ2v) is 8.72. The van der Waals surface area contributed by atoms with E-state index in [1.807, 2.05) is 19.1 Å². The van der Waals surface area contributed by atoms with Gasteiger partial charge in [-0.1, -0.05) is 13.8 Å². The molecule has 7 nitrogen and oxygen atoms in total. The van der Waals surface area contributed by atoms with Crippen molar-refractivity contribution in [2.45, 2.75) is 45.8 Å². The minimum atomic E-state index is -1.48. The first-order chi connectivity index (χ1) is 15.8. The summed E-state index contributed by atoms with van der Waals surface area (Å²) in [4.78, 5) is 28.2. The number of amides is 2. The summed E-state index contributed by atoms with van der Waals surface area (Å²) in [7, 11) is 0. The van der Waals surface area contributed by atoms with Crippen LogP contribution in [0.2, 0.25) is 0 Å². The van der Waals surface area contributed by atoms with Gasteiger partial charge in [0.1, 0.15) is 5.67 Å². The van der Waals surface area contributed by atoms with Crippen molar-refractivity contribution in [1.29, 1.82) is 0 Å². The number of hydrogen-bond acceptors (Lipinski definition) is 5. The lowest BCUT2D eigenvalue weighted by Gasteiger charge is -2.30. The molecule has 4 rings (SSSR count). The average Bonchev–Trinajstić information content (AvgIpc) is 2.95. The van der Waals surface area contributed by atoms with E-state index in [-0.39, 0.29) is 18.0 Å². The van der Waals surface area contributed by atoms with Crippen molar-refractivity contribution >= 4 is 23.2 Å². The summed E-state index contributed by atoms with van der Waals surface area (Å²) >= 11 is 0. The molecule has 2 amide bonds. The van der Waals surface area contributed by atoms with Gasteiger partial charge in [0.2, 0.25) is 0 Å². The van der Waals surface area contributed by atoms with Crippen LogP contribution >= 0.6 is 0 Å². The van der Waals surface area contributed by atoms with Crippen molar-refractivity contribution in [2.75, 3.05) is 22.1 Å². The van der Waals surface area contributed by atoms with Crippen molar-refractivity contribution in [3.8, 4) is 11.3 Å². The van der Waals surface area contributed by atoms with Crippen LogP contribution in [0.3, 0.4) is 0 Å². The smallest absolute Gasteiger partial charge is 0.327 e. The molecule has 0 bridgehead atoms. The molecule has 1 unspecified atom stereocenters. The van der Waals surface area contributed by atoms with Gasteiger partial charge in [0.05, 0.1) is 23.3 Å². The molecule has 0 spiro atoms. The average molecular weight is 449 g/mol.